The molecule has 2 nitrogen and oxygen atoms in total. The van der Waals surface area contributed by atoms with Crippen LogP contribution < -0.4 is 0 Å². The minimum atomic E-state index is -0.00522. The van der Waals surface area contributed by atoms with Gasteiger partial charge < -0.3 is 4.74 Å². The van der Waals surface area contributed by atoms with E-state index in [2.05, 4.69) is 27.7 Å². The van der Waals surface area contributed by atoms with Crippen LogP contribution in [0.15, 0.2) is 0 Å². The fraction of sp³-hybridized carbons (Fsp3) is 0.938. The summed E-state index contributed by atoms with van der Waals surface area (Å²) in [5, 5.41) is 0. The van der Waals surface area contributed by atoms with Crippen molar-refractivity contribution in [1.29, 1.82) is 0 Å². The molecule has 0 bridgehead atoms. The van der Waals surface area contributed by atoms with E-state index in [9.17, 15) is 4.79 Å². The highest BCUT2D eigenvalue weighted by Gasteiger charge is 2.15. The van der Waals surface area contributed by atoms with Crippen molar-refractivity contribution in [3.63, 3.8) is 0 Å². The van der Waals surface area contributed by atoms with Crippen molar-refractivity contribution >= 4 is 5.97 Å². The number of carbonyl (C=O) groups is 1. The molecule has 0 N–H and O–H groups in total. The largest absolute Gasteiger partial charge is 0.466 e. The van der Waals surface area contributed by atoms with E-state index >= 15 is 0 Å². The van der Waals surface area contributed by atoms with E-state index in [1.165, 1.54) is 12.8 Å². The van der Waals surface area contributed by atoms with Gasteiger partial charge in [-0.2, -0.15) is 0 Å². The second-order valence-electron chi connectivity index (χ2n) is 6.23. The highest BCUT2D eigenvalue weighted by Crippen LogP contribution is 2.23. The van der Waals surface area contributed by atoms with Crippen molar-refractivity contribution in [2.24, 2.45) is 17.8 Å². The van der Waals surface area contributed by atoms with Crippen molar-refractivity contribution in [3.8, 4) is 0 Å². The summed E-state index contributed by atoms with van der Waals surface area (Å²) in [5.41, 5.74) is 0. The summed E-state index contributed by atoms with van der Waals surface area (Å²) in [6, 6.07) is 0. The molecule has 0 saturated heterocycles. The number of ether oxygens (including phenoxy) is 1. The lowest BCUT2D eigenvalue weighted by Gasteiger charge is -2.18. The second kappa shape index (κ2) is 10.4. The first kappa shape index (κ1) is 17.5. The first-order valence-corrected chi connectivity index (χ1v) is 7.61. The van der Waals surface area contributed by atoms with Crippen LogP contribution >= 0.6 is 0 Å². The normalized spacial score (nSPS) is 11.6. The summed E-state index contributed by atoms with van der Waals surface area (Å²) in [6.45, 7) is 11.6. The van der Waals surface area contributed by atoms with Crippen LogP contribution in [0.2, 0.25) is 0 Å². The lowest BCUT2D eigenvalue weighted by molar-refractivity contribution is -0.144. The van der Waals surface area contributed by atoms with Gasteiger partial charge in [-0.15, -0.1) is 0 Å². The topological polar surface area (TPSA) is 26.3 Å². The van der Waals surface area contributed by atoms with Gasteiger partial charge in [0.05, 0.1) is 6.61 Å². The first-order chi connectivity index (χ1) is 8.45. The summed E-state index contributed by atoms with van der Waals surface area (Å²) < 4.78 is 5.20. The smallest absolute Gasteiger partial charge is 0.306 e. The molecule has 0 aliphatic carbocycles. The highest BCUT2D eigenvalue weighted by molar-refractivity contribution is 5.69. The molecule has 108 valence electrons. The van der Waals surface area contributed by atoms with Crippen molar-refractivity contribution in [2.45, 2.75) is 73.1 Å². The molecule has 0 fully saturated rings. The molecule has 0 atom stereocenters. The quantitative estimate of drug-likeness (QED) is 0.524. The van der Waals surface area contributed by atoms with Crippen molar-refractivity contribution < 1.29 is 9.53 Å². The van der Waals surface area contributed by atoms with Gasteiger partial charge in [-0.1, -0.05) is 47.5 Å². The molecule has 0 unspecified atom stereocenters. The minimum absolute atomic E-state index is 0.00522. The molecule has 0 amide bonds. The van der Waals surface area contributed by atoms with Crippen LogP contribution in [0.5, 0.6) is 0 Å². The molecule has 0 heterocycles. The second-order valence-corrected chi connectivity index (χ2v) is 6.23. The van der Waals surface area contributed by atoms with E-state index in [0.717, 1.165) is 31.1 Å². The molecule has 0 rings (SSSR count). The zero-order valence-electron chi connectivity index (χ0n) is 13.0. The Morgan fingerprint density at radius 1 is 0.944 bits per heavy atom. The van der Waals surface area contributed by atoms with E-state index in [0.29, 0.717) is 18.9 Å². The van der Waals surface area contributed by atoms with Gasteiger partial charge in [0.15, 0.2) is 0 Å². The Hall–Kier alpha value is -0.530. The number of carbonyl (C=O) groups excluding carboxylic acids is 1. The molecular weight excluding hydrogens is 224 g/mol. The predicted molar refractivity (Wildman–Crippen MR) is 77.5 cm³/mol. The Kier molecular flexibility index (Phi) is 10.1. The Balaban J connectivity index is 4.05. The third kappa shape index (κ3) is 10.6. The van der Waals surface area contributed by atoms with Gasteiger partial charge in [0.1, 0.15) is 0 Å². The Bertz CT molecular complexity index is 197. The van der Waals surface area contributed by atoms with Crippen molar-refractivity contribution in [3.05, 3.63) is 0 Å². The Morgan fingerprint density at radius 3 is 1.83 bits per heavy atom. The number of esters is 1. The number of rotatable bonds is 10. The molecule has 0 aromatic heterocycles. The Morgan fingerprint density at radius 2 is 1.44 bits per heavy atom. The molecule has 0 aliphatic rings. The van der Waals surface area contributed by atoms with Crippen LogP contribution in [0.25, 0.3) is 0 Å². The molecule has 2 heteroatoms. The molecule has 18 heavy (non-hydrogen) atoms. The minimum Gasteiger partial charge on any atom is -0.466 e. The molecule has 0 saturated carbocycles. The maximum atomic E-state index is 11.7. The average molecular weight is 256 g/mol. The zero-order valence-corrected chi connectivity index (χ0v) is 13.0. The molecular formula is C16H32O2. The van der Waals surface area contributed by atoms with E-state index in [4.69, 9.17) is 4.74 Å². The average Bonchev–Trinajstić information content (AvgIpc) is 2.29. The van der Waals surface area contributed by atoms with Gasteiger partial charge in [0.2, 0.25) is 0 Å². The van der Waals surface area contributed by atoms with Crippen LogP contribution in [0.4, 0.5) is 0 Å². The summed E-state index contributed by atoms with van der Waals surface area (Å²) >= 11 is 0. The number of hydrogen-bond donors (Lipinski definition) is 0. The third-order valence-corrected chi connectivity index (χ3v) is 3.23. The lowest BCUT2D eigenvalue weighted by atomic mass is 9.89. The third-order valence-electron chi connectivity index (χ3n) is 3.23. The van der Waals surface area contributed by atoms with Crippen LogP contribution in [0.3, 0.4) is 0 Å². The van der Waals surface area contributed by atoms with Gasteiger partial charge in [0.25, 0.3) is 0 Å². The monoisotopic (exact) mass is 256 g/mol. The molecule has 0 radical (unpaired) electrons. The Labute approximate surface area is 113 Å². The zero-order chi connectivity index (χ0) is 14.0. The van der Waals surface area contributed by atoms with Crippen LogP contribution in [0, 0.1) is 17.8 Å². The first-order valence-electron chi connectivity index (χ1n) is 7.61. The van der Waals surface area contributed by atoms with Gasteiger partial charge in [-0.3, -0.25) is 4.79 Å². The number of hydrogen-bond acceptors (Lipinski definition) is 2. The standard InChI is InChI=1S/C16H32O2/c1-6-11-18-16(17)12-15(9-7-13(2)3)10-8-14(4)5/h13-15H,6-12H2,1-5H3. The summed E-state index contributed by atoms with van der Waals surface area (Å²) in [4.78, 5) is 11.7. The van der Waals surface area contributed by atoms with Crippen LogP contribution in [-0.4, -0.2) is 12.6 Å². The highest BCUT2D eigenvalue weighted by atomic mass is 16.5. The van der Waals surface area contributed by atoms with Crippen LogP contribution in [0.1, 0.15) is 73.1 Å². The fourth-order valence-corrected chi connectivity index (χ4v) is 2.00. The van der Waals surface area contributed by atoms with Crippen molar-refractivity contribution in [1.82, 2.24) is 0 Å². The summed E-state index contributed by atoms with van der Waals surface area (Å²) in [5.74, 6) is 1.95. The van der Waals surface area contributed by atoms with E-state index in [1.54, 1.807) is 0 Å². The molecule has 0 spiro atoms. The van der Waals surface area contributed by atoms with Gasteiger partial charge in [-0.05, 0) is 37.0 Å². The predicted octanol–water partition coefficient (Wildman–Crippen LogP) is 4.82. The van der Waals surface area contributed by atoms with E-state index < -0.39 is 0 Å². The molecule has 0 aliphatic heterocycles. The summed E-state index contributed by atoms with van der Waals surface area (Å²) in [7, 11) is 0. The van der Waals surface area contributed by atoms with Gasteiger partial charge in [-0.25, -0.2) is 0 Å². The van der Waals surface area contributed by atoms with Gasteiger partial charge in [0, 0.05) is 6.42 Å². The van der Waals surface area contributed by atoms with E-state index in [1.807, 2.05) is 6.92 Å². The van der Waals surface area contributed by atoms with Crippen molar-refractivity contribution in [2.75, 3.05) is 6.61 Å². The van der Waals surface area contributed by atoms with Crippen LogP contribution in [-0.2, 0) is 9.53 Å². The van der Waals surface area contributed by atoms with E-state index in [-0.39, 0.29) is 5.97 Å². The maximum absolute atomic E-state index is 11.7. The molecule has 0 aromatic carbocycles. The summed E-state index contributed by atoms with van der Waals surface area (Å²) in [6.07, 6.45) is 6.26. The van der Waals surface area contributed by atoms with Gasteiger partial charge >= 0.3 is 5.97 Å². The lowest BCUT2D eigenvalue weighted by Crippen LogP contribution is -2.13. The molecule has 0 aromatic rings. The fourth-order valence-electron chi connectivity index (χ4n) is 2.00. The maximum Gasteiger partial charge on any atom is 0.306 e. The SMILES string of the molecule is CCCOC(=O)CC(CCC(C)C)CCC(C)C.